The number of nitrogens with zero attached hydrogens (tertiary/aromatic N) is 1. The van der Waals surface area contributed by atoms with Gasteiger partial charge < -0.3 is 9.47 Å². The average Bonchev–Trinajstić information content (AvgIpc) is 2.46. The molecule has 1 heterocycles. The molecule has 0 saturated heterocycles. The molecular weight excluding hydrogens is 299 g/mol. The van der Waals surface area contributed by atoms with Crippen LogP contribution in [-0.4, -0.2) is 23.9 Å². The van der Waals surface area contributed by atoms with Gasteiger partial charge in [-0.05, 0) is 30.7 Å². The van der Waals surface area contributed by atoms with Gasteiger partial charge in [-0.3, -0.25) is 4.98 Å². The summed E-state index contributed by atoms with van der Waals surface area (Å²) < 4.78 is 45.4. The van der Waals surface area contributed by atoms with E-state index in [1.54, 1.807) is 13.0 Å². The Morgan fingerprint density at radius 3 is 2.64 bits per heavy atom. The normalized spacial score (nSPS) is 11.1. The number of hydrogen-bond donors (Lipinski definition) is 0. The van der Waals surface area contributed by atoms with Crippen LogP contribution in [0.2, 0.25) is 0 Å². The molecule has 0 saturated carbocycles. The first-order chi connectivity index (χ1) is 10.4. The van der Waals surface area contributed by atoms with Crippen LogP contribution in [0.5, 0.6) is 5.75 Å². The van der Waals surface area contributed by atoms with Gasteiger partial charge in [0.2, 0.25) is 0 Å². The third kappa shape index (κ3) is 4.21. The molecular formula is C15H12F3NO3. The van der Waals surface area contributed by atoms with Crippen molar-refractivity contribution in [2.24, 2.45) is 0 Å². The minimum Gasteiger partial charge on any atom is -0.462 e. The van der Waals surface area contributed by atoms with Crippen LogP contribution in [0.1, 0.15) is 17.3 Å². The van der Waals surface area contributed by atoms with Crippen molar-refractivity contribution >= 4 is 5.97 Å². The number of pyridine rings is 1. The number of alkyl halides is 3. The molecule has 0 bridgehead atoms. The molecule has 2 rings (SSSR count). The van der Waals surface area contributed by atoms with E-state index in [0.29, 0.717) is 11.1 Å². The van der Waals surface area contributed by atoms with E-state index >= 15 is 0 Å². The molecule has 0 unspecified atom stereocenters. The maximum absolute atomic E-state index is 12.2. The molecule has 0 amide bonds. The highest BCUT2D eigenvalue weighted by Gasteiger charge is 2.31. The zero-order chi connectivity index (χ0) is 16.2. The van der Waals surface area contributed by atoms with E-state index in [1.807, 2.05) is 0 Å². The summed E-state index contributed by atoms with van der Waals surface area (Å²) in [6.45, 7) is 1.89. The summed E-state index contributed by atoms with van der Waals surface area (Å²) in [5, 5.41) is 0. The topological polar surface area (TPSA) is 48.4 Å². The van der Waals surface area contributed by atoms with Crippen LogP contribution < -0.4 is 4.74 Å². The molecule has 2 aromatic rings. The Kier molecular flexibility index (Phi) is 4.65. The first-order valence-corrected chi connectivity index (χ1v) is 6.37. The number of halogens is 3. The van der Waals surface area contributed by atoms with Crippen LogP contribution in [0.4, 0.5) is 13.2 Å². The van der Waals surface area contributed by atoms with Crippen LogP contribution in [-0.2, 0) is 4.74 Å². The van der Waals surface area contributed by atoms with Crippen molar-refractivity contribution in [3.8, 4) is 16.9 Å². The fourth-order valence-electron chi connectivity index (χ4n) is 1.80. The largest absolute Gasteiger partial charge is 0.573 e. The number of benzene rings is 1. The van der Waals surface area contributed by atoms with Crippen LogP contribution in [0, 0.1) is 0 Å². The lowest BCUT2D eigenvalue weighted by atomic mass is 10.1. The average molecular weight is 311 g/mol. The highest BCUT2D eigenvalue weighted by Crippen LogP contribution is 2.28. The maximum Gasteiger partial charge on any atom is 0.573 e. The first kappa shape index (κ1) is 15.8. The number of aromatic nitrogens is 1. The van der Waals surface area contributed by atoms with E-state index in [2.05, 4.69) is 9.72 Å². The Hall–Kier alpha value is -2.57. The summed E-state index contributed by atoms with van der Waals surface area (Å²) in [5.74, 6) is -0.883. The molecule has 0 spiro atoms. The van der Waals surface area contributed by atoms with Crippen molar-refractivity contribution in [1.29, 1.82) is 0 Å². The summed E-state index contributed by atoms with van der Waals surface area (Å²) >= 11 is 0. The molecule has 0 radical (unpaired) electrons. The molecule has 0 aliphatic rings. The van der Waals surface area contributed by atoms with Gasteiger partial charge in [0, 0.05) is 18.0 Å². The van der Waals surface area contributed by atoms with Crippen LogP contribution in [0.15, 0.2) is 42.7 Å². The minimum atomic E-state index is -4.76. The Morgan fingerprint density at radius 1 is 1.18 bits per heavy atom. The predicted molar refractivity (Wildman–Crippen MR) is 72.3 cm³/mol. The van der Waals surface area contributed by atoms with Gasteiger partial charge in [0.1, 0.15) is 5.75 Å². The molecule has 1 aromatic carbocycles. The van der Waals surface area contributed by atoms with E-state index in [4.69, 9.17) is 4.74 Å². The quantitative estimate of drug-likeness (QED) is 0.805. The van der Waals surface area contributed by atoms with Gasteiger partial charge in [-0.25, -0.2) is 4.79 Å². The second kappa shape index (κ2) is 6.46. The van der Waals surface area contributed by atoms with Crippen molar-refractivity contribution in [1.82, 2.24) is 4.98 Å². The van der Waals surface area contributed by atoms with Gasteiger partial charge in [-0.15, -0.1) is 13.2 Å². The van der Waals surface area contributed by atoms with E-state index in [9.17, 15) is 18.0 Å². The summed E-state index contributed by atoms with van der Waals surface area (Å²) in [6.07, 6.45) is -1.99. The van der Waals surface area contributed by atoms with E-state index in [1.165, 1.54) is 36.7 Å². The summed E-state index contributed by atoms with van der Waals surface area (Å²) in [5.41, 5.74) is 1.15. The van der Waals surface area contributed by atoms with Crippen molar-refractivity contribution < 1.29 is 27.4 Å². The number of hydrogen-bond acceptors (Lipinski definition) is 4. The molecule has 0 aliphatic carbocycles. The lowest BCUT2D eigenvalue weighted by Crippen LogP contribution is -2.17. The molecule has 0 fully saturated rings. The van der Waals surface area contributed by atoms with Crippen molar-refractivity contribution in [3.63, 3.8) is 0 Å². The monoisotopic (exact) mass is 311 g/mol. The molecule has 4 nitrogen and oxygen atoms in total. The van der Waals surface area contributed by atoms with Crippen LogP contribution in [0.25, 0.3) is 11.1 Å². The number of esters is 1. The highest BCUT2D eigenvalue weighted by molar-refractivity contribution is 5.90. The van der Waals surface area contributed by atoms with E-state index in [-0.39, 0.29) is 17.9 Å². The molecule has 0 N–H and O–H groups in total. The van der Waals surface area contributed by atoms with Crippen molar-refractivity contribution in [3.05, 3.63) is 48.3 Å². The summed E-state index contributed by atoms with van der Waals surface area (Å²) in [4.78, 5) is 15.6. The SMILES string of the molecule is CCOC(=O)c1cncc(-c2cccc(OC(F)(F)F)c2)c1. The van der Waals surface area contributed by atoms with Crippen LogP contribution >= 0.6 is 0 Å². The second-order valence-electron chi connectivity index (χ2n) is 4.26. The zero-order valence-corrected chi connectivity index (χ0v) is 11.6. The third-order valence-electron chi connectivity index (χ3n) is 2.65. The third-order valence-corrected chi connectivity index (χ3v) is 2.65. The van der Waals surface area contributed by atoms with Gasteiger partial charge in [-0.1, -0.05) is 12.1 Å². The smallest absolute Gasteiger partial charge is 0.462 e. The highest BCUT2D eigenvalue weighted by atomic mass is 19.4. The molecule has 0 atom stereocenters. The Bertz CT molecular complexity index is 671. The Morgan fingerprint density at radius 2 is 1.95 bits per heavy atom. The number of ether oxygens (including phenoxy) is 2. The molecule has 116 valence electrons. The number of carbonyl (C=O) groups excluding carboxylic acids is 1. The predicted octanol–water partition coefficient (Wildman–Crippen LogP) is 3.82. The molecule has 0 aliphatic heterocycles. The minimum absolute atomic E-state index is 0.220. The van der Waals surface area contributed by atoms with E-state index in [0.717, 1.165) is 0 Å². The maximum atomic E-state index is 12.2. The number of rotatable bonds is 4. The summed E-state index contributed by atoms with van der Waals surface area (Å²) in [7, 11) is 0. The van der Waals surface area contributed by atoms with Gasteiger partial charge in [0.15, 0.2) is 0 Å². The van der Waals surface area contributed by atoms with Crippen molar-refractivity contribution in [2.75, 3.05) is 6.61 Å². The van der Waals surface area contributed by atoms with Crippen LogP contribution in [0.3, 0.4) is 0 Å². The zero-order valence-electron chi connectivity index (χ0n) is 11.6. The van der Waals surface area contributed by atoms with Gasteiger partial charge >= 0.3 is 12.3 Å². The van der Waals surface area contributed by atoms with Gasteiger partial charge in [-0.2, -0.15) is 0 Å². The van der Waals surface area contributed by atoms with Crippen molar-refractivity contribution in [2.45, 2.75) is 13.3 Å². The van der Waals surface area contributed by atoms with Gasteiger partial charge in [0.25, 0.3) is 0 Å². The lowest BCUT2D eigenvalue weighted by Gasteiger charge is -2.10. The summed E-state index contributed by atoms with van der Waals surface area (Å²) in [6, 6.07) is 6.93. The Labute approximate surface area is 124 Å². The fourth-order valence-corrected chi connectivity index (χ4v) is 1.80. The second-order valence-corrected chi connectivity index (χ2v) is 4.26. The standard InChI is InChI=1S/C15H12F3NO3/c1-2-21-14(20)12-6-11(8-19-9-12)10-4-3-5-13(7-10)22-15(16,17)18/h3-9H,2H2,1H3. The Balaban J connectivity index is 2.30. The molecule has 1 aromatic heterocycles. The van der Waals surface area contributed by atoms with Gasteiger partial charge in [0.05, 0.1) is 12.2 Å². The lowest BCUT2D eigenvalue weighted by molar-refractivity contribution is -0.274. The first-order valence-electron chi connectivity index (χ1n) is 6.37. The fraction of sp³-hybridized carbons (Fsp3) is 0.200. The molecule has 7 heteroatoms. The van der Waals surface area contributed by atoms with E-state index < -0.39 is 12.3 Å². The molecule has 22 heavy (non-hydrogen) atoms. The number of carbonyl (C=O) groups is 1.